The van der Waals surface area contributed by atoms with Gasteiger partial charge in [-0.1, -0.05) is 172 Å². The molecule has 0 saturated carbocycles. The fraction of sp³-hybridized carbons (Fsp3) is 0.0566. The Bertz CT molecular complexity index is 3060. The van der Waals surface area contributed by atoms with Crippen molar-refractivity contribution in [2.45, 2.75) is 19.3 Å². The molecule has 1 aliphatic rings. The Balaban J connectivity index is 1.09. The fourth-order valence-corrected chi connectivity index (χ4v) is 9.35. The van der Waals surface area contributed by atoms with Crippen molar-refractivity contribution in [1.82, 2.24) is 0 Å². The minimum atomic E-state index is -0.0258. The molecule has 0 N–H and O–H groups in total. The highest BCUT2D eigenvalue weighted by molar-refractivity contribution is 6.28. The van der Waals surface area contributed by atoms with Gasteiger partial charge in [0.15, 0.2) is 0 Å². The number of hydrogen-bond donors (Lipinski definition) is 0. The second kappa shape index (κ2) is 11.2. The lowest BCUT2D eigenvalue weighted by Crippen LogP contribution is -2.14. The Labute approximate surface area is 310 Å². The molecule has 0 spiro atoms. The standard InChI is InChI=1S/C53H36/c1-53(2)49-16-10-9-15-44(49)48-31-39-18-17-37(29-40(39)32-50(48)53)38-23-26-43(47(30-38)34-13-7-4-8-14-34)42-25-20-36-21-27-45-41(33-11-5-3-6-12-33)24-19-35-22-28-46(42)52(36)51(35)45/h3-32H,1-2H3. The van der Waals surface area contributed by atoms with Gasteiger partial charge in [0, 0.05) is 5.41 Å². The Morgan fingerprint density at radius 3 is 1.57 bits per heavy atom. The molecule has 11 rings (SSSR count). The molecule has 248 valence electrons. The molecule has 10 aromatic rings. The van der Waals surface area contributed by atoms with E-state index in [1.54, 1.807) is 0 Å². The lowest BCUT2D eigenvalue weighted by atomic mass is 9.81. The molecule has 0 aromatic heterocycles. The van der Waals surface area contributed by atoms with E-state index in [1.807, 2.05) is 0 Å². The predicted molar refractivity (Wildman–Crippen MR) is 227 cm³/mol. The average molecular weight is 673 g/mol. The maximum Gasteiger partial charge on any atom is 0.0159 e. The van der Waals surface area contributed by atoms with Crippen molar-refractivity contribution >= 4 is 43.1 Å². The van der Waals surface area contributed by atoms with Gasteiger partial charge in [-0.05, 0) is 134 Å². The van der Waals surface area contributed by atoms with Gasteiger partial charge in [0.05, 0.1) is 0 Å². The number of benzene rings is 10. The first-order valence-corrected chi connectivity index (χ1v) is 18.7. The van der Waals surface area contributed by atoms with Crippen molar-refractivity contribution < 1.29 is 0 Å². The summed E-state index contributed by atoms with van der Waals surface area (Å²) in [5.41, 5.74) is 15.5. The topological polar surface area (TPSA) is 0 Å². The van der Waals surface area contributed by atoms with Crippen molar-refractivity contribution in [2.75, 3.05) is 0 Å². The smallest absolute Gasteiger partial charge is 0.0159 e. The third-order valence-electron chi connectivity index (χ3n) is 12.0. The summed E-state index contributed by atoms with van der Waals surface area (Å²) in [5.74, 6) is 0. The van der Waals surface area contributed by atoms with Gasteiger partial charge in [-0.25, -0.2) is 0 Å². The summed E-state index contributed by atoms with van der Waals surface area (Å²) < 4.78 is 0. The van der Waals surface area contributed by atoms with Crippen LogP contribution >= 0.6 is 0 Å². The molecule has 0 heterocycles. The second-order valence-electron chi connectivity index (χ2n) is 15.3. The van der Waals surface area contributed by atoms with E-state index in [4.69, 9.17) is 0 Å². The highest BCUT2D eigenvalue weighted by Crippen LogP contribution is 2.50. The molecule has 0 fully saturated rings. The molecular weight excluding hydrogens is 637 g/mol. The van der Waals surface area contributed by atoms with Crippen LogP contribution < -0.4 is 0 Å². The Morgan fingerprint density at radius 2 is 0.830 bits per heavy atom. The van der Waals surface area contributed by atoms with Crippen molar-refractivity contribution in [3.8, 4) is 55.6 Å². The number of fused-ring (bicyclic) bond motifs is 4. The maximum atomic E-state index is 2.44. The summed E-state index contributed by atoms with van der Waals surface area (Å²) in [7, 11) is 0. The molecule has 10 aromatic carbocycles. The van der Waals surface area contributed by atoms with Crippen LogP contribution in [-0.4, -0.2) is 0 Å². The van der Waals surface area contributed by atoms with Gasteiger partial charge < -0.3 is 0 Å². The minimum absolute atomic E-state index is 0.0258. The van der Waals surface area contributed by atoms with E-state index in [0.717, 1.165) is 0 Å². The number of rotatable bonds is 4. The molecular formula is C53H36. The SMILES string of the molecule is CC1(C)c2ccccc2-c2cc3ccc(-c4ccc(-c5ccc6ccc7c(-c8ccccc8)ccc8ccc5c6c87)c(-c5ccccc5)c4)cc3cc21. The molecule has 0 heteroatoms. The van der Waals surface area contributed by atoms with Crippen LogP contribution in [0.3, 0.4) is 0 Å². The van der Waals surface area contributed by atoms with Gasteiger partial charge in [0.25, 0.3) is 0 Å². The molecule has 0 saturated heterocycles. The summed E-state index contributed by atoms with van der Waals surface area (Å²) in [6.45, 7) is 4.72. The fourth-order valence-electron chi connectivity index (χ4n) is 9.35. The molecule has 53 heavy (non-hydrogen) atoms. The van der Waals surface area contributed by atoms with E-state index in [9.17, 15) is 0 Å². The van der Waals surface area contributed by atoms with Crippen molar-refractivity contribution in [3.63, 3.8) is 0 Å². The monoisotopic (exact) mass is 672 g/mol. The Hall–Kier alpha value is -6.50. The van der Waals surface area contributed by atoms with E-state index < -0.39 is 0 Å². The van der Waals surface area contributed by atoms with Gasteiger partial charge in [-0.2, -0.15) is 0 Å². The highest BCUT2D eigenvalue weighted by atomic mass is 14.4. The van der Waals surface area contributed by atoms with Crippen molar-refractivity contribution in [2.24, 2.45) is 0 Å². The van der Waals surface area contributed by atoms with Crippen LogP contribution in [0.25, 0.3) is 98.7 Å². The zero-order valence-corrected chi connectivity index (χ0v) is 29.8. The quantitative estimate of drug-likeness (QED) is 0.163. The normalized spacial score (nSPS) is 13.2. The van der Waals surface area contributed by atoms with Gasteiger partial charge in [0.2, 0.25) is 0 Å². The third kappa shape index (κ3) is 4.49. The van der Waals surface area contributed by atoms with Gasteiger partial charge >= 0.3 is 0 Å². The molecule has 0 nitrogen and oxygen atoms in total. The van der Waals surface area contributed by atoms with Crippen LogP contribution in [0, 0.1) is 0 Å². The summed E-state index contributed by atoms with van der Waals surface area (Å²) in [5, 5.41) is 10.4. The lowest BCUT2D eigenvalue weighted by molar-refractivity contribution is 0.661. The summed E-state index contributed by atoms with van der Waals surface area (Å²) >= 11 is 0. The van der Waals surface area contributed by atoms with Gasteiger partial charge in [-0.15, -0.1) is 0 Å². The summed E-state index contributed by atoms with van der Waals surface area (Å²) in [4.78, 5) is 0. The van der Waals surface area contributed by atoms with Gasteiger partial charge in [0.1, 0.15) is 0 Å². The first-order chi connectivity index (χ1) is 26.0. The Morgan fingerprint density at radius 1 is 0.283 bits per heavy atom. The van der Waals surface area contributed by atoms with Crippen molar-refractivity contribution in [3.05, 3.63) is 193 Å². The molecule has 0 unspecified atom stereocenters. The van der Waals surface area contributed by atoms with Crippen LogP contribution in [0.2, 0.25) is 0 Å². The minimum Gasteiger partial charge on any atom is -0.0622 e. The van der Waals surface area contributed by atoms with E-state index >= 15 is 0 Å². The average Bonchev–Trinajstić information content (AvgIpc) is 3.44. The molecule has 0 atom stereocenters. The molecule has 1 aliphatic carbocycles. The van der Waals surface area contributed by atoms with Crippen LogP contribution in [-0.2, 0) is 5.41 Å². The summed E-state index contributed by atoms with van der Waals surface area (Å²) in [6.07, 6.45) is 0. The van der Waals surface area contributed by atoms with E-state index in [2.05, 4.69) is 196 Å². The molecule has 0 bridgehead atoms. The van der Waals surface area contributed by atoms with Crippen LogP contribution in [0.5, 0.6) is 0 Å². The molecule has 0 amide bonds. The van der Waals surface area contributed by atoms with Gasteiger partial charge in [-0.3, -0.25) is 0 Å². The van der Waals surface area contributed by atoms with Crippen LogP contribution in [0.15, 0.2) is 182 Å². The third-order valence-corrected chi connectivity index (χ3v) is 12.0. The van der Waals surface area contributed by atoms with E-state index in [-0.39, 0.29) is 5.41 Å². The lowest BCUT2D eigenvalue weighted by Gasteiger charge is -2.21. The van der Waals surface area contributed by atoms with Crippen LogP contribution in [0.4, 0.5) is 0 Å². The zero-order valence-electron chi connectivity index (χ0n) is 29.8. The first-order valence-electron chi connectivity index (χ1n) is 18.7. The van der Waals surface area contributed by atoms with E-state index in [0.29, 0.717) is 0 Å². The largest absolute Gasteiger partial charge is 0.0622 e. The Kier molecular flexibility index (Phi) is 6.40. The predicted octanol–water partition coefficient (Wildman–Crippen LogP) is 14.7. The second-order valence-corrected chi connectivity index (χ2v) is 15.3. The summed E-state index contributed by atoms with van der Waals surface area (Å²) in [6, 6.07) is 68.0. The molecule has 0 radical (unpaired) electrons. The first kappa shape index (κ1) is 30.2. The molecule has 0 aliphatic heterocycles. The number of hydrogen-bond acceptors (Lipinski definition) is 0. The van der Waals surface area contributed by atoms with E-state index in [1.165, 1.54) is 110 Å². The highest BCUT2D eigenvalue weighted by Gasteiger charge is 2.35. The van der Waals surface area contributed by atoms with Crippen molar-refractivity contribution in [1.29, 1.82) is 0 Å². The zero-order chi connectivity index (χ0) is 35.3. The maximum absolute atomic E-state index is 2.44. The van der Waals surface area contributed by atoms with Crippen LogP contribution in [0.1, 0.15) is 25.0 Å².